The van der Waals surface area contributed by atoms with Crippen molar-refractivity contribution in [2.24, 2.45) is 10.7 Å². The lowest BCUT2D eigenvalue weighted by Gasteiger charge is -1.78. The smallest absolute Gasteiger partial charge is 0.0721 e. The van der Waals surface area contributed by atoms with Gasteiger partial charge in [-0.05, 0) is 35.6 Å². The van der Waals surface area contributed by atoms with Crippen LogP contribution in [0.1, 0.15) is 6.92 Å². The standard InChI is InChI=1S/C6H9IN2/c1-2-4-9-5-3-6(7)8/h2-5H,8H2,1H3/b4-2-,6-3-,9-5-. The fraction of sp³-hybridized carbons (Fsp3) is 0.167. The van der Waals surface area contributed by atoms with Crippen LogP contribution in [0.5, 0.6) is 0 Å². The molecule has 0 aromatic carbocycles. The van der Waals surface area contributed by atoms with Crippen molar-refractivity contribution in [3.8, 4) is 0 Å². The molecule has 0 amide bonds. The summed E-state index contributed by atoms with van der Waals surface area (Å²) in [6.07, 6.45) is 6.95. The minimum atomic E-state index is 0.737. The highest BCUT2D eigenvalue weighted by Crippen LogP contribution is 1.91. The Morgan fingerprint density at radius 1 is 1.67 bits per heavy atom. The molecular weight excluding hydrogens is 227 g/mol. The highest BCUT2D eigenvalue weighted by Gasteiger charge is 1.70. The average molecular weight is 236 g/mol. The first kappa shape index (κ1) is 8.68. The van der Waals surface area contributed by atoms with E-state index < -0.39 is 0 Å². The molecule has 0 heterocycles. The quantitative estimate of drug-likeness (QED) is 0.443. The van der Waals surface area contributed by atoms with Crippen molar-refractivity contribution in [2.75, 3.05) is 0 Å². The van der Waals surface area contributed by atoms with Gasteiger partial charge in [-0.2, -0.15) is 0 Å². The topological polar surface area (TPSA) is 38.4 Å². The molecule has 0 aliphatic heterocycles. The zero-order valence-electron chi connectivity index (χ0n) is 5.21. The molecule has 0 rings (SSSR count). The Hall–Kier alpha value is -0.320. The Bertz CT molecular complexity index is 143. The van der Waals surface area contributed by atoms with Gasteiger partial charge in [0.15, 0.2) is 0 Å². The first-order valence-corrected chi connectivity index (χ1v) is 3.61. The third-order valence-corrected chi connectivity index (χ3v) is 0.915. The van der Waals surface area contributed by atoms with E-state index in [9.17, 15) is 0 Å². The Kier molecular flexibility index (Phi) is 5.60. The molecule has 0 spiro atoms. The zero-order valence-corrected chi connectivity index (χ0v) is 7.37. The van der Waals surface area contributed by atoms with E-state index in [0.717, 1.165) is 3.70 Å². The largest absolute Gasteiger partial charge is 0.394 e. The van der Waals surface area contributed by atoms with Crippen molar-refractivity contribution in [1.29, 1.82) is 0 Å². The van der Waals surface area contributed by atoms with Crippen LogP contribution in [0.4, 0.5) is 0 Å². The van der Waals surface area contributed by atoms with E-state index in [1.165, 1.54) is 0 Å². The molecule has 0 fully saturated rings. The van der Waals surface area contributed by atoms with Crippen LogP contribution < -0.4 is 5.73 Å². The molecule has 9 heavy (non-hydrogen) atoms. The number of hydrogen-bond donors (Lipinski definition) is 1. The number of halogens is 1. The SMILES string of the molecule is C\C=C/N=C\C=C(/N)I. The van der Waals surface area contributed by atoms with Gasteiger partial charge in [-0.25, -0.2) is 0 Å². The van der Waals surface area contributed by atoms with Gasteiger partial charge < -0.3 is 5.73 Å². The van der Waals surface area contributed by atoms with Gasteiger partial charge in [0.1, 0.15) is 0 Å². The monoisotopic (exact) mass is 236 g/mol. The second-order valence-electron chi connectivity index (χ2n) is 1.33. The Morgan fingerprint density at radius 2 is 2.33 bits per heavy atom. The molecule has 0 saturated carbocycles. The molecule has 0 unspecified atom stereocenters. The summed E-state index contributed by atoms with van der Waals surface area (Å²) in [6.45, 7) is 1.91. The van der Waals surface area contributed by atoms with Gasteiger partial charge in [0.2, 0.25) is 0 Å². The first-order chi connectivity index (χ1) is 4.27. The van der Waals surface area contributed by atoms with Crippen LogP contribution in [0.2, 0.25) is 0 Å². The predicted octanol–water partition coefficient (Wildman–Crippen LogP) is 1.83. The summed E-state index contributed by atoms with van der Waals surface area (Å²) in [5, 5.41) is 0. The van der Waals surface area contributed by atoms with Crippen LogP contribution in [0.3, 0.4) is 0 Å². The molecule has 50 valence electrons. The minimum Gasteiger partial charge on any atom is -0.394 e. The highest BCUT2D eigenvalue weighted by atomic mass is 127. The first-order valence-electron chi connectivity index (χ1n) is 2.53. The lowest BCUT2D eigenvalue weighted by atomic mass is 10.6. The van der Waals surface area contributed by atoms with Crippen LogP contribution >= 0.6 is 22.6 Å². The number of hydrogen-bond acceptors (Lipinski definition) is 2. The van der Waals surface area contributed by atoms with Crippen LogP contribution in [0.15, 0.2) is 27.0 Å². The molecule has 3 heteroatoms. The summed E-state index contributed by atoms with van der Waals surface area (Å²) in [7, 11) is 0. The van der Waals surface area contributed by atoms with Crippen LogP contribution in [0, 0.1) is 0 Å². The summed E-state index contributed by atoms with van der Waals surface area (Å²) >= 11 is 2.02. The van der Waals surface area contributed by atoms with E-state index in [-0.39, 0.29) is 0 Å². The Balaban J connectivity index is 3.60. The van der Waals surface area contributed by atoms with Crippen molar-refractivity contribution in [2.45, 2.75) is 6.92 Å². The molecule has 0 atom stereocenters. The number of nitrogens with zero attached hydrogens (tertiary/aromatic N) is 1. The van der Waals surface area contributed by atoms with E-state index in [4.69, 9.17) is 5.73 Å². The van der Waals surface area contributed by atoms with E-state index in [2.05, 4.69) is 4.99 Å². The van der Waals surface area contributed by atoms with Crippen molar-refractivity contribution >= 4 is 28.8 Å². The van der Waals surface area contributed by atoms with E-state index in [1.807, 2.05) is 35.6 Å². The summed E-state index contributed by atoms with van der Waals surface area (Å²) in [4.78, 5) is 3.86. The van der Waals surface area contributed by atoms with Crippen molar-refractivity contribution < 1.29 is 0 Å². The number of rotatable bonds is 2. The molecule has 2 N–H and O–H groups in total. The maximum absolute atomic E-state index is 5.31. The maximum atomic E-state index is 5.31. The zero-order chi connectivity index (χ0) is 7.11. The van der Waals surface area contributed by atoms with Gasteiger partial charge in [0.25, 0.3) is 0 Å². The molecule has 0 saturated heterocycles. The van der Waals surface area contributed by atoms with Crippen LogP contribution in [-0.2, 0) is 0 Å². The normalized spacial score (nSPS) is 13.8. The summed E-state index contributed by atoms with van der Waals surface area (Å²) in [6, 6.07) is 0. The second kappa shape index (κ2) is 5.81. The van der Waals surface area contributed by atoms with Gasteiger partial charge in [0.05, 0.1) is 3.70 Å². The molecule has 2 nitrogen and oxygen atoms in total. The molecule has 0 radical (unpaired) electrons. The van der Waals surface area contributed by atoms with Crippen LogP contribution in [0.25, 0.3) is 0 Å². The summed E-state index contributed by atoms with van der Waals surface area (Å²) in [5.74, 6) is 0. The highest BCUT2D eigenvalue weighted by molar-refractivity contribution is 14.1. The number of nitrogens with two attached hydrogens (primary N) is 1. The minimum absolute atomic E-state index is 0.737. The average Bonchev–Trinajstić information content (AvgIpc) is 1.80. The van der Waals surface area contributed by atoms with Gasteiger partial charge in [-0.15, -0.1) is 0 Å². The number of aliphatic imine (C=N–C) groups is 1. The van der Waals surface area contributed by atoms with Crippen LogP contribution in [-0.4, -0.2) is 6.21 Å². The van der Waals surface area contributed by atoms with E-state index >= 15 is 0 Å². The third-order valence-electron chi connectivity index (χ3n) is 0.555. The molecule has 0 aliphatic carbocycles. The Morgan fingerprint density at radius 3 is 2.78 bits per heavy atom. The van der Waals surface area contributed by atoms with E-state index in [1.54, 1.807) is 18.5 Å². The van der Waals surface area contributed by atoms with Gasteiger partial charge in [-0.1, -0.05) is 6.08 Å². The second-order valence-corrected chi connectivity index (χ2v) is 2.58. The lowest BCUT2D eigenvalue weighted by molar-refractivity contribution is 1.54. The van der Waals surface area contributed by atoms with Gasteiger partial charge in [0, 0.05) is 12.4 Å². The summed E-state index contributed by atoms with van der Waals surface area (Å²) in [5.41, 5.74) is 5.31. The lowest BCUT2D eigenvalue weighted by Crippen LogP contribution is -1.84. The van der Waals surface area contributed by atoms with Gasteiger partial charge in [-0.3, -0.25) is 4.99 Å². The van der Waals surface area contributed by atoms with Crippen molar-refractivity contribution in [1.82, 2.24) is 0 Å². The maximum Gasteiger partial charge on any atom is 0.0721 e. The fourth-order valence-electron chi connectivity index (χ4n) is 0.250. The van der Waals surface area contributed by atoms with Crippen molar-refractivity contribution in [3.63, 3.8) is 0 Å². The predicted molar refractivity (Wildman–Crippen MR) is 49.6 cm³/mol. The summed E-state index contributed by atoms with van der Waals surface area (Å²) < 4.78 is 0.737. The molecule has 0 aliphatic rings. The number of allylic oxidation sites excluding steroid dienone is 2. The van der Waals surface area contributed by atoms with Gasteiger partial charge >= 0.3 is 0 Å². The molecular formula is C6H9IN2. The van der Waals surface area contributed by atoms with Crippen molar-refractivity contribution in [3.05, 3.63) is 22.1 Å². The van der Waals surface area contributed by atoms with E-state index in [0.29, 0.717) is 0 Å². The molecule has 0 aromatic heterocycles. The third kappa shape index (κ3) is 7.68. The molecule has 0 aromatic rings. The molecule has 0 bridgehead atoms. The Labute approximate surface area is 68.7 Å². The fourth-order valence-corrected chi connectivity index (χ4v) is 0.411.